The fraction of sp³-hybridized carbons (Fsp3) is 0.148. The van der Waals surface area contributed by atoms with E-state index in [0.29, 0.717) is 41.3 Å². The number of amides is 2. The van der Waals surface area contributed by atoms with Crippen LogP contribution in [0.1, 0.15) is 26.3 Å². The van der Waals surface area contributed by atoms with Gasteiger partial charge in [-0.15, -0.1) is 0 Å². The first kappa shape index (κ1) is 25.4. The largest absolute Gasteiger partial charge is 0.393 e. The molecule has 1 heterocycles. The number of hydrazine groups is 1. The molecule has 1 saturated heterocycles. The number of hydrogen-bond acceptors (Lipinski definition) is 8. The van der Waals surface area contributed by atoms with Gasteiger partial charge in [-0.1, -0.05) is 0 Å². The molecule has 0 spiro atoms. The second-order valence-corrected chi connectivity index (χ2v) is 8.30. The number of carbonyl (C=O) groups is 3. The highest BCUT2D eigenvalue weighted by atomic mass is 16.5. The van der Waals surface area contributed by atoms with Crippen LogP contribution in [0.3, 0.4) is 0 Å². The third-order valence-corrected chi connectivity index (χ3v) is 5.82. The van der Waals surface area contributed by atoms with E-state index >= 15 is 0 Å². The Morgan fingerprint density at radius 1 is 0.757 bits per heavy atom. The number of anilines is 3. The number of benzene rings is 3. The number of morpholine rings is 1. The van der Waals surface area contributed by atoms with Gasteiger partial charge in [-0.3, -0.25) is 20.2 Å². The standard InChI is InChI=1S/C27H28N6O4/c28-24(17-30-29)27(36)32-22-9-3-19(4-10-22)25(34)18-1-7-21(8-2-18)31-26(35)20-5-11-23(12-6-20)33-13-15-37-16-14-33/h1-12,17,30H,13-16,28-29H2,(H,31,35)(H,32,36)/b24-17-. The Bertz CT molecular complexity index is 1280. The Labute approximate surface area is 214 Å². The predicted octanol–water partition coefficient (Wildman–Crippen LogP) is 2.21. The maximum atomic E-state index is 12.9. The van der Waals surface area contributed by atoms with Crippen LogP contribution in [0, 0.1) is 0 Å². The summed E-state index contributed by atoms with van der Waals surface area (Å²) in [6, 6.07) is 20.5. The molecule has 10 nitrogen and oxygen atoms in total. The van der Waals surface area contributed by atoms with E-state index in [1.165, 1.54) is 6.20 Å². The van der Waals surface area contributed by atoms with Gasteiger partial charge in [0.05, 0.1) is 13.2 Å². The van der Waals surface area contributed by atoms with E-state index in [1.54, 1.807) is 60.7 Å². The minimum atomic E-state index is -0.525. The number of nitrogens with two attached hydrogens (primary N) is 2. The lowest BCUT2D eigenvalue weighted by molar-refractivity contribution is -0.112. The molecule has 37 heavy (non-hydrogen) atoms. The summed E-state index contributed by atoms with van der Waals surface area (Å²) < 4.78 is 5.38. The van der Waals surface area contributed by atoms with E-state index in [2.05, 4.69) is 21.0 Å². The molecule has 3 aromatic carbocycles. The molecule has 2 amide bonds. The maximum absolute atomic E-state index is 12.9. The van der Waals surface area contributed by atoms with E-state index in [-0.39, 0.29) is 17.4 Å². The van der Waals surface area contributed by atoms with Crippen molar-refractivity contribution in [2.75, 3.05) is 41.8 Å². The summed E-state index contributed by atoms with van der Waals surface area (Å²) in [5.41, 5.74) is 11.2. The van der Waals surface area contributed by atoms with Crippen LogP contribution in [-0.2, 0) is 9.53 Å². The van der Waals surface area contributed by atoms with Crippen LogP contribution >= 0.6 is 0 Å². The number of ketones is 1. The van der Waals surface area contributed by atoms with E-state index < -0.39 is 5.91 Å². The third-order valence-electron chi connectivity index (χ3n) is 5.82. The zero-order valence-corrected chi connectivity index (χ0v) is 20.1. The Balaban J connectivity index is 1.34. The predicted molar refractivity (Wildman–Crippen MR) is 142 cm³/mol. The normalized spacial score (nSPS) is 13.5. The van der Waals surface area contributed by atoms with Crippen LogP contribution in [0.5, 0.6) is 0 Å². The quantitative estimate of drug-likeness (QED) is 0.137. The zero-order chi connectivity index (χ0) is 26.2. The van der Waals surface area contributed by atoms with Crippen molar-refractivity contribution in [3.05, 3.63) is 101 Å². The SMILES string of the molecule is NN/C=C(\N)C(=O)Nc1ccc(C(=O)c2ccc(NC(=O)c3ccc(N4CCOCC4)cc3)cc2)cc1. The Morgan fingerprint density at radius 3 is 1.81 bits per heavy atom. The minimum Gasteiger partial charge on any atom is -0.393 e. The molecule has 1 fully saturated rings. The van der Waals surface area contributed by atoms with Crippen molar-refractivity contribution in [2.45, 2.75) is 0 Å². The molecular formula is C27H28N6O4. The van der Waals surface area contributed by atoms with Crippen molar-refractivity contribution < 1.29 is 19.1 Å². The minimum absolute atomic E-state index is 0.0835. The molecule has 0 radical (unpaired) electrons. The topological polar surface area (TPSA) is 152 Å². The molecule has 1 aliphatic heterocycles. The van der Waals surface area contributed by atoms with Crippen LogP contribution in [0.15, 0.2) is 84.7 Å². The van der Waals surface area contributed by atoms with Crippen molar-refractivity contribution in [3.8, 4) is 0 Å². The second-order valence-electron chi connectivity index (χ2n) is 8.30. The van der Waals surface area contributed by atoms with Crippen molar-refractivity contribution in [1.82, 2.24) is 5.43 Å². The summed E-state index contributed by atoms with van der Waals surface area (Å²) in [4.78, 5) is 39.7. The molecule has 0 bridgehead atoms. The highest BCUT2D eigenvalue weighted by Gasteiger charge is 2.14. The van der Waals surface area contributed by atoms with E-state index in [4.69, 9.17) is 16.3 Å². The van der Waals surface area contributed by atoms with E-state index in [0.717, 1.165) is 18.8 Å². The monoisotopic (exact) mass is 500 g/mol. The van der Waals surface area contributed by atoms with Crippen molar-refractivity contribution in [2.24, 2.45) is 11.6 Å². The number of ether oxygens (including phenoxy) is 1. The summed E-state index contributed by atoms with van der Waals surface area (Å²) in [5, 5.41) is 5.46. The molecule has 0 aromatic heterocycles. The van der Waals surface area contributed by atoms with Gasteiger partial charge in [0.2, 0.25) is 0 Å². The van der Waals surface area contributed by atoms with Crippen LogP contribution in [0.4, 0.5) is 17.1 Å². The fourth-order valence-corrected chi connectivity index (χ4v) is 3.78. The van der Waals surface area contributed by atoms with Gasteiger partial charge in [-0.25, -0.2) is 0 Å². The first-order valence-electron chi connectivity index (χ1n) is 11.7. The molecule has 4 rings (SSSR count). The van der Waals surface area contributed by atoms with Gasteiger partial charge in [0, 0.05) is 53.0 Å². The maximum Gasteiger partial charge on any atom is 0.273 e. The van der Waals surface area contributed by atoms with Gasteiger partial charge in [0.15, 0.2) is 5.78 Å². The third kappa shape index (κ3) is 6.51. The van der Waals surface area contributed by atoms with Crippen LogP contribution in [0.25, 0.3) is 0 Å². The van der Waals surface area contributed by atoms with Gasteiger partial charge in [0.1, 0.15) is 5.70 Å². The van der Waals surface area contributed by atoms with Crippen molar-refractivity contribution in [3.63, 3.8) is 0 Å². The molecule has 0 atom stereocenters. The molecule has 0 saturated carbocycles. The Hall–Kier alpha value is -4.67. The van der Waals surface area contributed by atoms with E-state index in [9.17, 15) is 14.4 Å². The van der Waals surface area contributed by atoms with Gasteiger partial charge in [-0.05, 0) is 72.8 Å². The fourth-order valence-electron chi connectivity index (χ4n) is 3.78. The summed E-state index contributed by atoms with van der Waals surface area (Å²) in [6.45, 7) is 3.06. The molecule has 7 N–H and O–H groups in total. The Kier molecular flexibility index (Phi) is 8.14. The van der Waals surface area contributed by atoms with Gasteiger partial charge in [0.25, 0.3) is 11.8 Å². The number of nitrogens with zero attached hydrogens (tertiary/aromatic N) is 1. The highest BCUT2D eigenvalue weighted by molar-refractivity contribution is 6.10. The molecule has 0 aliphatic carbocycles. The van der Waals surface area contributed by atoms with Gasteiger partial charge < -0.3 is 31.4 Å². The first-order valence-corrected chi connectivity index (χ1v) is 11.7. The summed E-state index contributed by atoms with van der Waals surface area (Å²) >= 11 is 0. The summed E-state index contributed by atoms with van der Waals surface area (Å²) in [7, 11) is 0. The lowest BCUT2D eigenvalue weighted by atomic mass is 10.0. The molecule has 1 aliphatic rings. The number of hydrogen-bond donors (Lipinski definition) is 5. The van der Waals surface area contributed by atoms with Crippen LogP contribution < -0.4 is 32.5 Å². The highest BCUT2D eigenvalue weighted by Crippen LogP contribution is 2.19. The average molecular weight is 501 g/mol. The lowest BCUT2D eigenvalue weighted by Crippen LogP contribution is -2.36. The molecule has 0 unspecified atom stereocenters. The summed E-state index contributed by atoms with van der Waals surface area (Å²) in [6.07, 6.45) is 1.17. The molecular weight excluding hydrogens is 472 g/mol. The van der Waals surface area contributed by atoms with Crippen molar-refractivity contribution >= 4 is 34.7 Å². The first-order chi connectivity index (χ1) is 17.9. The smallest absolute Gasteiger partial charge is 0.273 e. The number of nitrogens with one attached hydrogen (secondary N) is 3. The van der Waals surface area contributed by atoms with Crippen LogP contribution in [-0.4, -0.2) is 43.9 Å². The molecule has 3 aromatic rings. The summed E-state index contributed by atoms with van der Waals surface area (Å²) in [5.74, 6) is 4.16. The lowest BCUT2D eigenvalue weighted by Gasteiger charge is -2.28. The van der Waals surface area contributed by atoms with Crippen molar-refractivity contribution in [1.29, 1.82) is 0 Å². The molecule has 10 heteroatoms. The molecule has 190 valence electrons. The van der Waals surface area contributed by atoms with Crippen LogP contribution in [0.2, 0.25) is 0 Å². The number of carbonyl (C=O) groups excluding carboxylic acids is 3. The average Bonchev–Trinajstić information content (AvgIpc) is 2.94. The number of rotatable bonds is 8. The van der Waals surface area contributed by atoms with Gasteiger partial charge >= 0.3 is 0 Å². The zero-order valence-electron chi connectivity index (χ0n) is 20.1. The second kappa shape index (κ2) is 11.8. The Morgan fingerprint density at radius 2 is 1.27 bits per heavy atom. The van der Waals surface area contributed by atoms with Gasteiger partial charge in [-0.2, -0.15) is 0 Å². The van der Waals surface area contributed by atoms with E-state index in [1.807, 2.05) is 12.1 Å².